The highest BCUT2D eigenvalue weighted by Gasteiger charge is 2.32. The first-order valence-electron chi connectivity index (χ1n) is 18.4. The molecule has 0 aliphatic carbocycles. The molecule has 0 aliphatic heterocycles. The number of carbonyl (C=O) groups is 1. The molecule has 0 radical (unpaired) electrons. The smallest absolute Gasteiger partial charge is 0.457 e. The van der Waals surface area contributed by atoms with Crippen LogP contribution >= 0.6 is 0 Å². The maximum Gasteiger partial charge on any atom is 0.573 e. The highest BCUT2D eigenvalue weighted by Crippen LogP contribution is 2.35. The Balaban J connectivity index is 1.15. The topological polar surface area (TPSA) is 98.2 Å². The van der Waals surface area contributed by atoms with Crippen LogP contribution in [0, 0.1) is 41.5 Å². The molecule has 0 spiro atoms. The van der Waals surface area contributed by atoms with Gasteiger partial charge in [0.2, 0.25) is 0 Å². The first kappa shape index (κ1) is 42.8. The zero-order valence-corrected chi connectivity index (χ0v) is 33.2. The summed E-state index contributed by atoms with van der Waals surface area (Å²) in [5, 5.41) is 0. The first-order valence-corrected chi connectivity index (χ1v) is 18.4. The Morgan fingerprint density at radius 2 is 0.733 bits per heavy atom. The molecule has 0 saturated heterocycles. The number of aromatic nitrogens is 2. The van der Waals surface area contributed by atoms with Gasteiger partial charge >= 0.3 is 18.9 Å². The molecule has 0 saturated carbocycles. The third-order valence-corrected chi connectivity index (χ3v) is 9.42. The zero-order valence-electron chi connectivity index (χ0n) is 33.2. The minimum absolute atomic E-state index is 0.311. The summed E-state index contributed by atoms with van der Waals surface area (Å²) in [7, 11) is 0. The number of rotatable bonds is 12. The standard InChI is InChI=1S/C45H38F6N2O7/c1-25-27(3)52-29(5)39(23-31-7-11-33(12-8-31)55-35-15-19-37(20-16-35)59-44(46,47)48)41(25)57-43(54)58-42-26(2)28(4)53-30(6)40(42)24-32-9-13-34(14-10-32)56-36-17-21-38(22-18-36)60-45(49,50)51/h7-22H,23-24H2,1-6H3. The molecule has 15 heteroatoms. The van der Waals surface area contributed by atoms with Crippen LogP contribution in [0.1, 0.15) is 56.2 Å². The normalized spacial score (nSPS) is 11.5. The van der Waals surface area contributed by atoms with E-state index in [4.69, 9.17) is 18.9 Å². The molecule has 0 unspecified atom stereocenters. The SMILES string of the molecule is Cc1nc(C)c(Cc2ccc(Oc3ccc(OC(F)(F)F)cc3)cc2)c(OC(=O)Oc2c(C)c(C)nc(C)c2Cc2ccc(Oc3ccc(OC(F)(F)F)cc3)cc2)c1C. The largest absolute Gasteiger partial charge is 0.573 e. The minimum atomic E-state index is -4.80. The maximum absolute atomic E-state index is 13.7. The van der Waals surface area contributed by atoms with Crippen molar-refractivity contribution in [2.75, 3.05) is 0 Å². The van der Waals surface area contributed by atoms with Gasteiger partial charge in [-0.2, -0.15) is 0 Å². The number of halogens is 6. The zero-order chi connectivity index (χ0) is 43.4. The molecular weight excluding hydrogens is 794 g/mol. The predicted octanol–water partition coefficient (Wildman–Crippen LogP) is 12.5. The van der Waals surface area contributed by atoms with Gasteiger partial charge in [-0.1, -0.05) is 24.3 Å². The Morgan fingerprint density at radius 1 is 0.450 bits per heavy atom. The number of ether oxygens (including phenoxy) is 6. The van der Waals surface area contributed by atoms with Crippen LogP contribution in [0.5, 0.6) is 46.0 Å². The van der Waals surface area contributed by atoms with Crippen molar-refractivity contribution in [3.8, 4) is 46.0 Å². The van der Waals surface area contributed by atoms with E-state index >= 15 is 0 Å². The summed E-state index contributed by atoms with van der Waals surface area (Å²) < 4.78 is 107. The number of pyridine rings is 2. The third-order valence-electron chi connectivity index (χ3n) is 9.42. The summed E-state index contributed by atoms with van der Waals surface area (Å²) in [4.78, 5) is 23.0. The van der Waals surface area contributed by atoms with Crippen LogP contribution in [-0.4, -0.2) is 28.8 Å². The number of carbonyl (C=O) groups excluding carboxylic acids is 1. The molecule has 0 bridgehead atoms. The van der Waals surface area contributed by atoms with Crippen molar-refractivity contribution in [2.24, 2.45) is 0 Å². The Hall–Kier alpha value is -6.77. The van der Waals surface area contributed by atoms with Crippen molar-refractivity contribution in [1.29, 1.82) is 0 Å². The van der Waals surface area contributed by atoms with E-state index in [1.54, 1.807) is 38.1 Å². The van der Waals surface area contributed by atoms with Gasteiger partial charge < -0.3 is 28.4 Å². The van der Waals surface area contributed by atoms with Crippen molar-refractivity contribution < 1.29 is 59.6 Å². The molecule has 0 amide bonds. The van der Waals surface area contributed by atoms with Crippen LogP contribution in [0.4, 0.5) is 31.1 Å². The third kappa shape index (κ3) is 11.2. The van der Waals surface area contributed by atoms with Gasteiger partial charge in [0, 0.05) is 57.9 Å². The second-order valence-electron chi connectivity index (χ2n) is 13.8. The average Bonchev–Trinajstić information content (AvgIpc) is 3.17. The van der Waals surface area contributed by atoms with Gasteiger partial charge in [-0.25, -0.2) is 4.79 Å². The molecule has 4 aromatic carbocycles. The summed E-state index contributed by atoms with van der Waals surface area (Å²) in [6.07, 6.45) is -9.88. The quantitative estimate of drug-likeness (QED) is 0.0881. The summed E-state index contributed by atoms with van der Waals surface area (Å²) >= 11 is 0. The van der Waals surface area contributed by atoms with Gasteiger partial charge in [0.1, 0.15) is 46.0 Å². The molecule has 0 aliphatic rings. The highest BCUT2D eigenvalue weighted by molar-refractivity contribution is 5.70. The van der Waals surface area contributed by atoms with E-state index in [1.165, 1.54) is 24.3 Å². The predicted molar refractivity (Wildman–Crippen MR) is 208 cm³/mol. The number of alkyl halides is 6. The fraction of sp³-hybridized carbons (Fsp3) is 0.222. The Morgan fingerprint density at radius 3 is 1.03 bits per heavy atom. The highest BCUT2D eigenvalue weighted by atomic mass is 19.4. The van der Waals surface area contributed by atoms with Gasteiger partial charge in [-0.05, 0) is 125 Å². The molecule has 60 heavy (non-hydrogen) atoms. The van der Waals surface area contributed by atoms with Gasteiger partial charge in [0.15, 0.2) is 0 Å². The molecule has 0 N–H and O–H groups in total. The van der Waals surface area contributed by atoms with Gasteiger partial charge in [0.05, 0.1) is 0 Å². The van der Waals surface area contributed by atoms with Crippen LogP contribution in [0.25, 0.3) is 0 Å². The molecule has 2 aromatic heterocycles. The summed E-state index contributed by atoms with van der Waals surface area (Å²) in [6.45, 7) is 10.9. The lowest BCUT2D eigenvalue weighted by atomic mass is 9.99. The average molecular weight is 833 g/mol. The lowest BCUT2D eigenvalue weighted by Crippen LogP contribution is -2.19. The molecule has 6 rings (SSSR count). The van der Waals surface area contributed by atoms with Crippen molar-refractivity contribution >= 4 is 6.16 Å². The van der Waals surface area contributed by atoms with Crippen LogP contribution in [0.2, 0.25) is 0 Å². The lowest BCUT2D eigenvalue weighted by molar-refractivity contribution is -0.275. The van der Waals surface area contributed by atoms with E-state index in [2.05, 4.69) is 19.4 Å². The van der Waals surface area contributed by atoms with E-state index in [1.807, 2.05) is 52.0 Å². The molecule has 6 aromatic rings. The summed E-state index contributed by atoms with van der Waals surface area (Å²) in [5.74, 6) is 1.42. The van der Waals surface area contributed by atoms with E-state index in [-0.39, 0.29) is 11.5 Å². The Labute approximate surface area is 341 Å². The number of aryl methyl sites for hydroxylation is 4. The summed E-state index contributed by atoms with van der Waals surface area (Å²) in [5.41, 5.74) is 6.94. The minimum Gasteiger partial charge on any atom is -0.457 e. The van der Waals surface area contributed by atoms with E-state index in [0.717, 1.165) is 35.4 Å². The van der Waals surface area contributed by atoms with Gasteiger partial charge in [-0.3, -0.25) is 9.97 Å². The van der Waals surface area contributed by atoms with Crippen LogP contribution < -0.4 is 28.4 Å². The second-order valence-corrected chi connectivity index (χ2v) is 13.8. The van der Waals surface area contributed by atoms with E-state index in [9.17, 15) is 31.1 Å². The number of benzene rings is 4. The van der Waals surface area contributed by atoms with Crippen LogP contribution in [0.3, 0.4) is 0 Å². The molecule has 9 nitrogen and oxygen atoms in total. The van der Waals surface area contributed by atoms with Crippen molar-refractivity contribution in [3.63, 3.8) is 0 Å². The monoisotopic (exact) mass is 832 g/mol. The summed E-state index contributed by atoms with van der Waals surface area (Å²) in [6, 6.07) is 24.2. The first-order chi connectivity index (χ1) is 28.3. The number of hydrogen-bond acceptors (Lipinski definition) is 9. The lowest BCUT2D eigenvalue weighted by Gasteiger charge is -2.19. The number of nitrogens with zero attached hydrogens (tertiary/aromatic N) is 2. The number of hydrogen-bond donors (Lipinski definition) is 0. The van der Waals surface area contributed by atoms with E-state index in [0.29, 0.717) is 92.4 Å². The van der Waals surface area contributed by atoms with Crippen molar-refractivity contribution in [1.82, 2.24) is 9.97 Å². The molecule has 312 valence electrons. The fourth-order valence-electron chi connectivity index (χ4n) is 6.25. The molecule has 0 atom stereocenters. The van der Waals surface area contributed by atoms with Crippen LogP contribution in [-0.2, 0) is 12.8 Å². The van der Waals surface area contributed by atoms with E-state index < -0.39 is 18.9 Å². The second kappa shape index (κ2) is 17.6. The Kier molecular flexibility index (Phi) is 12.6. The van der Waals surface area contributed by atoms with Crippen LogP contribution in [0.15, 0.2) is 97.1 Å². The fourth-order valence-corrected chi connectivity index (χ4v) is 6.25. The van der Waals surface area contributed by atoms with Crippen molar-refractivity contribution in [2.45, 2.75) is 67.1 Å². The maximum atomic E-state index is 13.7. The molecular formula is C45H38F6N2O7. The Bertz CT molecular complexity index is 2300. The molecule has 0 fully saturated rings. The van der Waals surface area contributed by atoms with Crippen molar-refractivity contribution in [3.05, 3.63) is 153 Å². The van der Waals surface area contributed by atoms with Gasteiger partial charge in [0.25, 0.3) is 0 Å². The molecule has 2 heterocycles. The van der Waals surface area contributed by atoms with Gasteiger partial charge in [-0.15, -0.1) is 26.3 Å².